The van der Waals surface area contributed by atoms with Gasteiger partial charge in [-0.1, -0.05) is 6.92 Å². The van der Waals surface area contributed by atoms with Gasteiger partial charge in [0.25, 0.3) is 6.01 Å². The average molecular weight is 242 g/mol. The average Bonchev–Trinajstić information content (AvgIpc) is 2.77. The number of esters is 1. The Morgan fingerprint density at radius 3 is 2.94 bits per heavy atom. The first kappa shape index (κ1) is 13.5. The van der Waals surface area contributed by atoms with Gasteiger partial charge in [0.2, 0.25) is 0 Å². The number of hydrogen-bond donors (Lipinski definition) is 1. The molecule has 1 N–H and O–H groups in total. The molecule has 0 radical (unpaired) electrons. The van der Waals surface area contributed by atoms with Crippen LogP contribution >= 0.6 is 0 Å². The Balaban J connectivity index is 2.58. The predicted molar refractivity (Wildman–Crippen MR) is 62.0 cm³/mol. The number of aromatic nitrogens is 1. The normalized spacial score (nSPS) is 12.2. The molecule has 0 saturated heterocycles. The fourth-order valence-corrected chi connectivity index (χ4v) is 1.28. The fourth-order valence-electron chi connectivity index (χ4n) is 1.28. The summed E-state index contributed by atoms with van der Waals surface area (Å²) >= 11 is 0. The highest BCUT2D eigenvalue weighted by Crippen LogP contribution is 2.11. The minimum Gasteiger partial charge on any atom is -0.461 e. The number of hydrogen-bond acceptors (Lipinski definition) is 6. The van der Waals surface area contributed by atoms with Crippen molar-refractivity contribution in [3.8, 4) is 0 Å². The zero-order valence-corrected chi connectivity index (χ0v) is 10.4. The van der Waals surface area contributed by atoms with Crippen LogP contribution in [0.3, 0.4) is 0 Å². The maximum absolute atomic E-state index is 11.3. The first-order chi connectivity index (χ1) is 8.21. The molecule has 1 aromatic rings. The van der Waals surface area contributed by atoms with E-state index < -0.39 is 5.97 Å². The number of oxazole rings is 1. The molecular weight excluding hydrogens is 224 g/mol. The Kier molecular flexibility index (Phi) is 5.48. The van der Waals surface area contributed by atoms with Crippen LogP contribution in [-0.4, -0.2) is 37.3 Å². The third-order valence-corrected chi connectivity index (χ3v) is 2.18. The van der Waals surface area contributed by atoms with Crippen molar-refractivity contribution in [1.29, 1.82) is 0 Å². The van der Waals surface area contributed by atoms with Gasteiger partial charge in [0, 0.05) is 7.11 Å². The minimum atomic E-state index is -0.482. The van der Waals surface area contributed by atoms with Crippen molar-refractivity contribution in [3.05, 3.63) is 12.0 Å². The lowest BCUT2D eigenvalue weighted by Crippen LogP contribution is -2.24. The Labute approximate surface area is 100 Å². The van der Waals surface area contributed by atoms with Gasteiger partial charge in [-0.2, -0.15) is 4.98 Å². The van der Waals surface area contributed by atoms with E-state index in [2.05, 4.69) is 10.3 Å². The van der Waals surface area contributed by atoms with E-state index in [1.54, 1.807) is 14.0 Å². The van der Waals surface area contributed by atoms with Crippen molar-refractivity contribution >= 4 is 12.0 Å². The van der Waals surface area contributed by atoms with Gasteiger partial charge in [0.05, 0.1) is 19.3 Å². The van der Waals surface area contributed by atoms with Crippen LogP contribution in [0.25, 0.3) is 0 Å². The van der Waals surface area contributed by atoms with Crippen molar-refractivity contribution < 1.29 is 18.7 Å². The van der Waals surface area contributed by atoms with Crippen molar-refractivity contribution in [2.24, 2.45) is 0 Å². The minimum absolute atomic E-state index is 0.105. The number of carbonyl (C=O) groups is 1. The summed E-state index contributed by atoms with van der Waals surface area (Å²) in [5.74, 6) is -0.482. The standard InChI is InChI=1S/C11H18N2O4/c1-4-8(6-15-3)12-11-13-9(7-17-11)10(14)16-5-2/h7-8H,4-6H2,1-3H3,(H,12,13). The molecule has 1 rings (SSSR count). The van der Waals surface area contributed by atoms with Gasteiger partial charge in [0.15, 0.2) is 5.69 Å². The predicted octanol–water partition coefficient (Wildman–Crippen LogP) is 1.69. The molecular formula is C11H18N2O4. The van der Waals surface area contributed by atoms with Gasteiger partial charge >= 0.3 is 5.97 Å². The molecule has 0 spiro atoms. The summed E-state index contributed by atoms with van der Waals surface area (Å²) in [6.07, 6.45) is 2.14. The molecule has 0 aromatic carbocycles. The third kappa shape index (κ3) is 4.07. The van der Waals surface area contributed by atoms with E-state index in [-0.39, 0.29) is 11.7 Å². The maximum Gasteiger partial charge on any atom is 0.360 e. The fraction of sp³-hybridized carbons (Fsp3) is 0.636. The van der Waals surface area contributed by atoms with Crippen LogP contribution in [0.15, 0.2) is 10.7 Å². The highest BCUT2D eigenvalue weighted by atomic mass is 16.5. The van der Waals surface area contributed by atoms with E-state index in [0.29, 0.717) is 19.2 Å². The lowest BCUT2D eigenvalue weighted by molar-refractivity contribution is 0.0519. The van der Waals surface area contributed by atoms with Crippen molar-refractivity contribution in [3.63, 3.8) is 0 Å². The zero-order valence-electron chi connectivity index (χ0n) is 10.4. The summed E-state index contributed by atoms with van der Waals surface area (Å²) in [4.78, 5) is 15.3. The second kappa shape index (κ2) is 6.90. The summed E-state index contributed by atoms with van der Waals surface area (Å²) in [7, 11) is 1.63. The first-order valence-electron chi connectivity index (χ1n) is 5.59. The van der Waals surface area contributed by atoms with E-state index in [1.807, 2.05) is 6.92 Å². The number of nitrogens with zero attached hydrogens (tertiary/aromatic N) is 1. The van der Waals surface area contributed by atoms with Gasteiger partial charge in [-0.3, -0.25) is 0 Å². The van der Waals surface area contributed by atoms with E-state index in [1.165, 1.54) is 6.26 Å². The number of anilines is 1. The van der Waals surface area contributed by atoms with Crippen molar-refractivity contribution in [1.82, 2.24) is 4.98 Å². The molecule has 0 amide bonds. The Bertz CT molecular complexity index is 351. The van der Waals surface area contributed by atoms with Crippen LogP contribution in [0, 0.1) is 0 Å². The summed E-state index contributed by atoms with van der Waals surface area (Å²) in [5.41, 5.74) is 0.168. The van der Waals surface area contributed by atoms with Gasteiger partial charge < -0.3 is 19.2 Å². The van der Waals surface area contributed by atoms with E-state index >= 15 is 0 Å². The molecule has 17 heavy (non-hydrogen) atoms. The highest BCUT2D eigenvalue weighted by molar-refractivity contribution is 5.87. The van der Waals surface area contributed by atoms with E-state index in [9.17, 15) is 4.79 Å². The second-order valence-corrected chi connectivity index (χ2v) is 3.46. The molecule has 0 aliphatic rings. The molecule has 0 aliphatic heterocycles. The molecule has 6 nitrogen and oxygen atoms in total. The lowest BCUT2D eigenvalue weighted by Gasteiger charge is -2.13. The van der Waals surface area contributed by atoms with Crippen LogP contribution in [0.1, 0.15) is 30.8 Å². The molecule has 6 heteroatoms. The topological polar surface area (TPSA) is 73.6 Å². The molecule has 0 saturated carbocycles. The van der Waals surface area contributed by atoms with Crippen LogP contribution in [0.5, 0.6) is 0 Å². The monoisotopic (exact) mass is 242 g/mol. The molecule has 0 fully saturated rings. The second-order valence-electron chi connectivity index (χ2n) is 3.46. The third-order valence-electron chi connectivity index (χ3n) is 2.18. The summed E-state index contributed by atoms with van der Waals surface area (Å²) < 4.78 is 15.0. The lowest BCUT2D eigenvalue weighted by atomic mass is 10.2. The van der Waals surface area contributed by atoms with E-state index in [4.69, 9.17) is 13.9 Å². The number of ether oxygens (including phenoxy) is 2. The van der Waals surface area contributed by atoms with Gasteiger partial charge in [-0.15, -0.1) is 0 Å². The number of rotatable bonds is 7. The maximum atomic E-state index is 11.3. The van der Waals surface area contributed by atoms with Gasteiger partial charge in [-0.25, -0.2) is 4.79 Å². The van der Waals surface area contributed by atoms with Gasteiger partial charge in [-0.05, 0) is 13.3 Å². The number of methoxy groups -OCH3 is 1. The molecule has 0 aliphatic carbocycles. The number of nitrogens with one attached hydrogen (secondary N) is 1. The largest absolute Gasteiger partial charge is 0.461 e. The highest BCUT2D eigenvalue weighted by Gasteiger charge is 2.15. The Hall–Kier alpha value is -1.56. The Morgan fingerprint density at radius 1 is 1.59 bits per heavy atom. The molecule has 96 valence electrons. The van der Waals surface area contributed by atoms with Crippen LogP contribution in [-0.2, 0) is 9.47 Å². The molecule has 1 aromatic heterocycles. The summed E-state index contributed by atoms with van der Waals surface area (Å²) in [6.45, 7) is 4.62. The molecule has 1 unspecified atom stereocenters. The first-order valence-corrected chi connectivity index (χ1v) is 5.59. The Morgan fingerprint density at radius 2 is 2.35 bits per heavy atom. The number of carbonyl (C=O) groups excluding carboxylic acids is 1. The van der Waals surface area contributed by atoms with Crippen molar-refractivity contribution in [2.45, 2.75) is 26.3 Å². The van der Waals surface area contributed by atoms with Crippen molar-refractivity contribution in [2.75, 3.05) is 25.6 Å². The molecule has 0 bridgehead atoms. The molecule has 1 atom stereocenters. The molecule has 1 heterocycles. The summed E-state index contributed by atoms with van der Waals surface area (Å²) in [6, 6.07) is 0.408. The SMILES string of the molecule is CCOC(=O)c1coc(NC(CC)COC)n1. The van der Waals surface area contributed by atoms with Crippen LogP contribution < -0.4 is 5.32 Å². The van der Waals surface area contributed by atoms with Crippen LogP contribution in [0.4, 0.5) is 6.01 Å². The van der Waals surface area contributed by atoms with Crippen LogP contribution in [0.2, 0.25) is 0 Å². The van der Waals surface area contributed by atoms with Gasteiger partial charge in [0.1, 0.15) is 6.26 Å². The summed E-state index contributed by atoms with van der Waals surface area (Å²) in [5, 5.41) is 3.04. The quantitative estimate of drug-likeness (QED) is 0.733. The van der Waals surface area contributed by atoms with E-state index in [0.717, 1.165) is 6.42 Å². The smallest absolute Gasteiger partial charge is 0.360 e. The zero-order chi connectivity index (χ0) is 12.7.